The van der Waals surface area contributed by atoms with Crippen molar-refractivity contribution in [2.24, 2.45) is 0 Å². The molecule has 0 radical (unpaired) electrons. The van der Waals surface area contributed by atoms with Crippen LogP contribution in [0, 0.1) is 6.92 Å². The predicted molar refractivity (Wildman–Crippen MR) is 72.7 cm³/mol. The van der Waals surface area contributed by atoms with E-state index in [4.69, 9.17) is 5.11 Å². The third kappa shape index (κ3) is 2.59. The minimum atomic E-state index is -0.793. The van der Waals surface area contributed by atoms with Gasteiger partial charge in [0.05, 0.1) is 5.92 Å². The fraction of sp³-hybridized carbons (Fsp3) is 0.188. The number of hydrogen-bond acceptors (Lipinski definition) is 1. The van der Waals surface area contributed by atoms with E-state index >= 15 is 0 Å². The highest BCUT2D eigenvalue weighted by molar-refractivity contribution is 5.76. The first-order chi connectivity index (χ1) is 8.58. The molecule has 0 aliphatic rings. The minimum absolute atomic E-state index is 0.461. The van der Waals surface area contributed by atoms with Crippen molar-refractivity contribution in [3.63, 3.8) is 0 Å². The normalized spacial score (nSPS) is 12.1. The van der Waals surface area contributed by atoms with Crippen molar-refractivity contribution >= 4 is 5.97 Å². The van der Waals surface area contributed by atoms with Gasteiger partial charge in [0.2, 0.25) is 0 Å². The predicted octanol–water partition coefficient (Wildman–Crippen LogP) is 3.85. The van der Waals surface area contributed by atoms with Crippen molar-refractivity contribution in [2.45, 2.75) is 19.8 Å². The van der Waals surface area contributed by atoms with Crippen LogP contribution in [0.2, 0.25) is 0 Å². The van der Waals surface area contributed by atoms with Crippen LogP contribution in [0.3, 0.4) is 0 Å². The van der Waals surface area contributed by atoms with Gasteiger partial charge in [0.15, 0.2) is 0 Å². The van der Waals surface area contributed by atoms with E-state index in [-0.39, 0.29) is 0 Å². The maximum absolute atomic E-state index is 10.9. The first kappa shape index (κ1) is 12.4. The minimum Gasteiger partial charge on any atom is -0.481 e. The number of hydrogen-bond donors (Lipinski definition) is 1. The van der Waals surface area contributed by atoms with Gasteiger partial charge < -0.3 is 5.11 Å². The average molecular weight is 240 g/mol. The van der Waals surface area contributed by atoms with Gasteiger partial charge in [-0.1, -0.05) is 54.1 Å². The third-order valence-electron chi connectivity index (χ3n) is 3.17. The number of carboxylic acid groups (broad SMARTS) is 1. The molecular formula is C16H16O2. The Morgan fingerprint density at radius 1 is 0.944 bits per heavy atom. The van der Waals surface area contributed by atoms with Crippen LogP contribution >= 0.6 is 0 Å². The molecule has 0 aromatic heterocycles. The van der Waals surface area contributed by atoms with Gasteiger partial charge in [0.25, 0.3) is 0 Å². The van der Waals surface area contributed by atoms with Crippen molar-refractivity contribution in [3.8, 4) is 11.1 Å². The SMILES string of the molecule is Cc1ccc(-c2ccc(C(C)C(=O)O)cc2)cc1. The largest absolute Gasteiger partial charge is 0.481 e. The Morgan fingerprint density at radius 2 is 1.39 bits per heavy atom. The van der Waals surface area contributed by atoms with Crippen LogP contribution in [0.25, 0.3) is 11.1 Å². The smallest absolute Gasteiger partial charge is 0.310 e. The molecule has 0 aliphatic heterocycles. The lowest BCUT2D eigenvalue weighted by atomic mass is 9.97. The second-order valence-electron chi connectivity index (χ2n) is 4.55. The lowest BCUT2D eigenvalue weighted by Gasteiger charge is -2.08. The highest BCUT2D eigenvalue weighted by atomic mass is 16.4. The van der Waals surface area contributed by atoms with Gasteiger partial charge in [-0.15, -0.1) is 0 Å². The lowest BCUT2D eigenvalue weighted by molar-refractivity contribution is -0.138. The quantitative estimate of drug-likeness (QED) is 0.884. The summed E-state index contributed by atoms with van der Waals surface area (Å²) in [6.07, 6.45) is 0. The molecule has 0 spiro atoms. The molecule has 0 aliphatic carbocycles. The van der Waals surface area contributed by atoms with Gasteiger partial charge in [-0.25, -0.2) is 0 Å². The van der Waals surface area contributed by atoms with Crippen molar-refractivity contribution in [1.82, 2.24) is 0 Å². The Hall–Kier alpha value is -2.09. The van der Waals surface area contributed by atoms with Crippen LogP contribution in [0.5, 0.6) is 0 Å². The van der Waals surface area contributed by atoms with Crippen LogP contribution in [-0.4, -0.2) is 11.1 Å². The van der Waals surface area contributed by atoms with E-state index in [9.17, 15) is 4.79 Å². The Balaban J connectivity index is 2.27. The molecule has 0 saturated carbocycles. The molecule has 92 valence electrons. The molecule has 0 fully saturated rings. The molecule has 2 aromatic carbocycles. The molecular weight excluding hydrogens is 224 g/mol. The zero-order chi connectivity index (χ0) is 13.1. The first-order valence-corrected chi connectivity index (χ1v) is 5.98. The number of rotatable bonds is 3. The molecule has 2 aromatic rings. The molecule has 0 amide bonds. The molecule has 18 heavy (non-hydrogen) atoms. The summed E-state index contributed by atoms with van der Waals surface area (Å²) in [6.45, 7) is 3.75. The Bertz CT molecular complexity index is 538. The van der Waals surface area contributed by atoms with Crippen LogP contribution in [0.1, 0.15) is 24.0 Å². The zero-order valence-electron chi connectivity index (χ0n) is 10.6. The van der Waals surface area contributed by atoms with Crippen molar-refractivity contribution in [2.75, 3.05) is 0 Å². The summed E-state index contributed by atoms with van der Waals surface area (Å²) in [6, 6.07) is 16.0. The first-order valence-electron chi connectivity index (χ1n) is 5.98. The van der Waals surface area contributed by atoms with Gasteiger partial charge in [-0.2, -0.15) is 0 Å². The highest BCUT2D eigenvalue weighted by Crippen LogP contribution is 2.23. The van der Waals surface area contributed by atoms with Crippen LogP contribution in [0.4, 0.5) is 0 Å². The third-order valence-corrected chi connectivity index (χ3v) is 3.17. The van der Waals surface area contributed by atoms with E-state index in [0.29, 0.717) is 0 Å². The van der Waals surface area contributed by atoms with E-state index in [2.05, 4.69) is 31.2 Å². The topological polar surface area (TPSA) is 37.3 Å². The maximum atomic E-state index is 10.9. The zero-order valence-corrected chi connectivity index (χ0v) is 10.6. The van der Waals surface area contributed by atoms with Crippen LogP contribution in [-0.2, 0) is 4.79 Å². The van der Waals surface area contributed by atoms with E-state index in [0.717, 1.165) is 16.7 Å². The summed E-state index contributed by atoms with van der Waals surface area (Å²) in [5.41, 5.74) is 4.32. The molecule has 2 rings (SSSR count). The van der Waals surface area contributed by atoms with Crippen LogP contribution < -0.4 is 0 Å². The number of benzene rings is 2. The molecule has 0 saturated heterocycles. The Kier molecular flexibility index (Phi) is 3.47. The fourth-order valence-corrected chi connectivity index (χ4v) is 1.85. The highest BCUT2D eigenvalue weighted by Gasteiger charge is 2.12. The molecule has 2 nitrogen and oxygen atoms in total. The van der Waals surface area contributed by atoms with Crippen molar-refractivity contribution < 1.29 is 9.90 Å². The summed E-state index contributed by atoms with van der Waals surface area (Å²) in [5.74, 6) is -1.25. The van der Waals surface area contributed by atoms with Gasteiger partial charge in [-0.3, -0.25) is 4.79 Å². The standard InChI is InChI=1S/C16H16O2/c1-11-3-5-14(6-4-11)15-9-7-13(8-10-15)12(2)16(17)18/h3-10,12H,1-2H3,(H,17,18). The Labute approximate surface area is 107 Å². The average Bonchev–Trinajstić information content (AvgIpc) is 2.39. The summed E-state index contributed by atoms with van der Waals surface area (Å²) in [5, 5.41) is 8.95. The maximum Gasteiger partial charge on any atom is 0.310 e. The lowest BCUT2D eigenvalue weighted by Crippen LogP contribution is -2.06. The number of carbonyl (C=O) groups is 1. The second-order valence-corrected chi connectivity index (χ2v) is 4.55. The summed E-state index contributed by atoms with van der Waals surface area (Å²) < 4.78 is 0. The fourth-order valence-electron chi connectivity index (χ4n) is 1.85. The van der Waals surface area contributed by atoms with Gasteiger partial charge in [0, 0.05) is 0 Å². The summed E-state index contributed by atoms with van der Waals surface area (Å²) in [4.78, 5) is 10.9. The van der Waals surface area contributed by atoms with E-state index in [1.165, 1.54) is 5.56 Å². The molecule has 0 heterocycles. The van der Waals surface area contributed by atoms with Crippen LogP contribution in [0.15, 0.2) is 48.5 Å². The van der Waals surface area contributed by atoms with Crippen molar-refractivity contribution in [3.05, 3.63) is 59.7 Å². The van der Waals surface area contributed by atoms with Gasteiger partial charge >= 0.3 is 5.97 Å². The molecule has 2 heteroatoms. The molecule has 1 unspecified atom stereocenters. The van der Waals surface area contributed by atoms with Crippen molar-refractivity contribution in [1.29, 1.82) is 0 Å². The van der Waals surface area contributed by atoms with E-state index in [1.54, 1.807) is 6.92 Å². The number of aliphatic carboxylic acids is 1. The molecule has 0 bridgehead atoms. The van der Waals surface area contributed by atoms with E-state index in [1.807, 2.05) is 24.3 Å². The summed E-state index contributed by atoms with van der Waals surface area (Å²) in [7, 11) is 0. The number of aryl methyl sites for hydroxylation is 1. The molecule has 1 atom stereocenters. The number of carboxylic acids is 1. The summed E-state index contributed by atoms with van der Waals surface area (Å²) >= 11 is 0. The Morgan fingerprint density at radius 3 is 1.83 bits per heavy atom. The van der Waals surface area contributed by atoms with E-state index < -0.39 is 11.9 Å². The molecule has 1 N–H and O–H groups in total. The van der Waals surface area contributed by atoms with Gasteiger partial charge in [0.1, 0.15) is 0 Å². The van der Waals surface area contributed by atoms with Gasteiger partial charge in [-0.05, 0) is 30.5 Å². The monoisotopic (exact) mass is 240 g/mol. The second kappa shape index (κ2) is 5.05.